The third-order valence-electron chi connectivity index (χ3n) is 2.33. The van der Waals surface area contributed by atoms with E-state index in [-0.39, 0.29) is 6.61 Å². The summed E-state index contributed by atoms with van der Waals surface area (Å²) in [5.74, 6) is -0.417. The second-order valence-electron chi connectivity index (χ2n) is 3.20. The molecular weight excluding hydrogens is 156 g/mol. The normalized spacial score (nSPS) is 22.1. The maximum Gasteiger partial charge on any atom is 0.237 e. The lowest BCUT2D eigenvalue weighted by molar-refractivity contribution is -0.125. The summed E-state index contributed by atoms with van der Waals surface area (Å²) in [5, 5.41) is 8.91. The van der Waals surface area contributed by atoms with Crippen molar-refractivity contribution < 1.29 is 9.90 Å². The molecule has 1 unspecified atom stereocenters. The fourth-order valence-corrected chi connectivity index (χ4v) is 1.62. The zero-order valence-electron chi connectivity index (χ0n) is 7.20. The number of aliphatic hydroxyl groups excluding tert-OH is 1. The molecule has 1 atom stereocenters. The van der Waals surface area contributed by atoms with Gasteiger partial charge in [0.15, 0.2) is 0 Å². The SMILES string of the molecule is NC(=O)C(CO)N1CCCCC1. The number of aliphatic hydroxyl groups is 1. The largest absolute Gasteiger partial charge is 0.394 e. The molecule has 4 nitrogen and oxygen atoms in total. The summed E-state index contributed by atoms with van der Waals surface area (Å²) in [4.78, 5) is 12.8. The predicted molar refractivity (Wildman–Crippen MR) is 45.5 cm³/mol. The number of carbonyl (C=O) groups excluding carboxylic acids is 1. The molecule has 0 aromatic rings. The maximum atomic E-state index is 10.9. The van der Waals surface area contributed by atoms with Gasteiger partial charge >= 0.3 is 0 Å². The summed E-state index contributed by atoms with van der Waals surface area (Å²) in [7, 11) is 0. The van der Waals surface area contributed by atoms with Crippen LogP contribution >= 0.6 is 0 Å². The molecule has 1 fully saturated rings. The van der Waals surface area contributed by atoms with Crippen LogP contribution in [0.3, 0.4) is 0 Å². The number of amides is 1. The number of nitrogens with two attached hydrogens (primary N) is 1. The second-order valence-corrected chi connectivity index (χ2v) is 3.20. The van der Waals surface area contributed by atoms with Crippen molar-refractivity contribution in [3.8, 4) is 0 Å². The molecule has 0 aromatic heterocycles. The van der Waals surface area contributed by atoms with Crippen molar-refractivity contribution in [2.75, 3.05) is 19.7 Å². The van der Waals surface area contributed by atoms with Gasteiger partial charge < -0.3 is 10.8 Å². The van der Waals surface area contributed by atoms with Crippen LogP contribution in [0.25, 0.3) is 0 Å². The monoisotopic (exact) mass is 172 g/mol. The minimum atomic E-state index is -0.467. The Hall–Kier alpha value is -0.610. The molecule has 12 heavy (non-hydrogen) atoms. The Bertz CT molecular complexity index is 155. The molecule has 0 aromatic carbocycles. The highest BCUT2D eigenvalue weighted by Gasteiger charge is 2.23. The van der Waals surface area contributed by atoms with Gasteiger partial charge in [-0.3, -0.25) is 9.69 Å². The highest BCUT2D eigenvalue weighted by Crippen LogP contribution is 2.11. The summed E-state index contributed by atoms with van der Waals surface area (Å²) >= 11 is 0. The van der Waals surface area contributed by atoms with Crippen molar-refractivity contribution in [2.24, 2.45) is 5.73 Å². The first-order chi connectivity index (χ1) is 5.75. The minimum absolute atomic E-state index is 0.157. The van der Waals surface area contributed by atoms with Gasteiger partial charge in [-0.05, 0) is 25.9 Å². The third kappa shape index (κ3) is 2.19. The van der Waals surface area contributed by atoms with E-state index in [0.29, 0.717) is 0 Å². The minimum Gasteiger partial charge on any atom is -0.394 e. The summed E-state index contributed by atoms with van der Waals surface area (Å²) in [6.45, 7) is 1.61. The Morgan fingerprint density at radius 3 is 2.42 bits per heavy atom. The molecule has 0 aliphatic carbocycles. The molecule has 70 valence electrons. The first kappa shape index (κ1) is 9.48. The van der Waals surface area contributed by atoms with Gasteiger partial charge in [0.2, 0.25) is 5.91 Å². The summed E-state index contributed by atoms with van der Waals surface area (Å²) in [5.41, 5.74) is 5.14. The van der Waals surface area contributed by atoms with Crippen LogP contribution in [0.15, 0.2) is 0 Å². The standard InChI is InChI=1S/C8H16N2O2/c9-8(12)7(6-11)10-4-2-1-3-5-10/h7,11H,1-6H2,(H2,9,12). The molecule has 1 amide bonds. The third-order valence-corrected chi connectivity index (χ3v) is 2.33. The van der Waals surface area contributed by atoms with Gasteiger partial charge in [0.1, 0.15) is 6.04 Å². The van der Waals surface area contributed by atoms with Crippen molar-refractivity contribution in [3.63, 3.8) is 0 Å². The van der Waals surface area contributed by atoms with Crippen molar-refractivity contribution >= 4 is 5.91 Å². The fourth-order valence-electron chi connectivity index (χ4n) is 1.62. The number of nitrogens with zero attached hydrogens (tertiary/aromatic N) is 1. The molecule has 1 rings (SSSR count). The van der Waals surface area contributed by atoms with E-state index in [1.165, 1.54) is 6.42 Å². The van der Waals surface area contributed by atoms with E-state index < -0.39 is 11.9 Å². The molecule has 1 heterocycles. The molecule has 1 aliphatic heterocycles. The number of likely N-dealkylation sites (tertiary alicyclic amines) is 1. The molecule has 1 saturated heterocycles. The van der Waals surface area contributed by atoms with Crippen LogP contribution < -0.4 is 5.73 Å². The second kappa shape index (κ2) is 4.42. The predicted octanol–water partition coefficient (Wildman–Crippen LogP) is -0.682. The highest BCUT2D eigenvalue weighted by atomic mass is 16.3. The van der Waals surface area contributed by atoms with Gasteiger partial charge in [0.25, 0.3) is 0 Å². The quantitative estimate of drug-likeness (QED) is 0.592. The lowest BCUT2D eigenvalue weighted by Crippen LogP contribution is -2.49. The number of primary amides is 1. The van der Waals surface area contributed by atoms with E-state index in [1.54, 1.807) is 0 Å². The van der Waals surface area contributed by atoms with E-state index in [1.807, 2.05) is 4.90 Å². The van der Waals surface area contributed by atoms with Crippen LogP contribution in [-0.2, 0) is 4.79 Å². The topological polar surface area (TPSA) is 66.6 Å². The zero-order valence-corrected chi connectivity index (χ0v) is 7.20. The van der Waals surface area contributed by atoms with Gasteiger partial charge in [-0.15, -0.1) is 0 Å². The average Bonchev–Trinajstić information content (AvgIpc) is 2.07. The first-order valence-corrected chi connectivity index (χ1v) is 4.40. The molecule has 0 saturated carbocycles. The van der Waals surface area contributed by atoms with E-state index >= 15 is 0 Å². The average molecular weight is 172 g/mol. The molecular formula is C8H16N2O2. The van der Waals surface area contributed by atoms with E-state index in [2.05, 4.69) is 0 Å². The first-order valence-electron chi connectivity index (χ1n) is 4.40. The van der Waals surface area contributed by atoms with E-state index in [4.69, 9.17) is 10.8 Å². The van der Waals surface area contributed by atoms with Crippen LogP contribution in [0.1, 0.15) is 19.3 Å². The lowest BCUT2D eigenvalue weighted by atomic mass is 10.1. The summed E-state index contributed by atoms with van der Waals surface area (Å²) in [6.07, 6.45) is 3.42. The van der Waals surface area contributed by atoms with Crippen LogP contribution in [0.4, 0.5) is 0 Å². The van der Waals surface area contributed by atoms with Gasteiger partial charge in [-0.2, -0.15) is 0 Å². The Morgan fingerprint density at radius 2 is 2.00 bits per heavy atom. The zero-order chi connectivity index (χ0) is 8.97. The highest BCUT2D eigenvalue weighted by molar-refractivity contribution is 5.79. The van der Waals surface area contributed by atoms with Crippen molar-refractivity contribution in [1.29, 1.82) is 0 Å². The summed E-state index contributed by atoms with van der Waals surface area (Å²) < 4.78 is 0. The van der Waals surface area contributed by atoms with Gasteiger partial charge in [-0.25, -0.2) is 0 Å². The van der Waals surface area contributed by atoms with Crippen LogP contribution in [0, 0.1) is 0 Å². The summed E-state index contributed by atoms with van der Waals surface area (Å²) in [6, 6.07) is -0.467. The Labute approximate surface area is 72.3 Å². The van der Waals surface area contributed by atoms with E-state index in [0.717, 1.165) is 25.9 Å². The van der Waals surface area contributed by atoms with Crippen LogP contribution in [0.2, 0.25) is 0 Å². The van der Waals surface area contributed by atoms with Crippen molar-refractivity contribution in [2.45, 2.75) is 25.3 Å². The van der Waals surface area contributed by atoms with Gasteiger partial charge in [0.05, 0.1) is 6.61 Å². The van der Waals surface area contributed by atoms with E-state index in [9.17, 15) is 4.79 Å². The Balaban J connectivity index is 2.46. The Morgan fingerprint density at radius 1 is 1.42 bits per heavy atom. The molecule has 4 heteroatoms. The van der Waals surface area contributed by atoms with Crippen molar-refractivity contribution in [1.82, 2.24) is 4.90 Å². The smallest absolute Gasteiger partial charge is 0.237 e. The van der Waals surface area contributed by atoms with Gasteiger partial charge in [-0.1, -0.05) is 6.42 Å². The number of hydrogen-bond donors (Lipinski definition) is 2. The number of piperidine rings is 1. The number of rotatable bonds is 3. The molecule has 0 bridgehead atoms. The van der Waals surface area contributed by atoms with Crippen molar-refractivity contribution in [3.05, 3.63) is 0 Å². The lowest BCUT2D eigenvalue weighted by Gasteiger charge is -2.31. The molecule has 0 radical (unpaired) electrons. The fraction of sp³-hybridized carbons (Fsp3) is 0.875. The number of carbonyl (C=O) groups is 1. The van der Waals surface area contributed by atoms with Crippen LogP contribution in [-0.4, -0.2) is 41.7 Å². The van der Waals surface area contributed by atoms with Gasteiger partial charge in [0, 0.05) is 0 Å². The molecule has 3 N–H and O–H groups in total. The van der Waals surface area contributed by atoms with Crippen LogP contribution in [0.5, 0.6) is 0 Å². The maximum absolute atomic E-state index is 10.9. The molecule has 1 aliphatic rings. The molecule has 0 spiro atoms. The Kier molecular flexibility index (Phi) is 3.49. The number of hydrogen-bond acceptors (Lipinski definition) is 3.